The smallest absolute Gasteiger partial charge is 0.0899 e. The van der Waals surface area contributed by atoms with Gasteiger partial charge in [-0.2, -0.15) is 0 Å². The summed E-state index contributed by atoms with van der Waals surface area (Å²) in [6.45, 7) is 3.92. The minimum absolute atomic E-state index is 0.375. The summed E-state index contributed by atoms with van der Waals surface area (Å²) >= 11 is 0. The van der Waals surface area contributed by atoms with Gasteiger partial charge in [-0.1, -0.05) is 0 Å². The molecule has 1 atom stereocenters. The molecule has 1 aliphatic heterocycles. The fourth-order valence-electron chi connectivity index (χ4n) is 2.05. The number of ether oxygens (including phenoxy) is 2. The number of aliphatic hydroxyl groups excluding tert-OH is 1. The molecule has 90 valence electrons. The molecule has 0 saturated carbocycles. The largest absolute Gasteiger partial charge is 0.389 e. The van der Waals surface area contributed by atoms with Gasteiger partial charge in [0.25, 0.3) is 0 Å². The third-order valence-corrected chi connectivity index (χ3v) is 2.79. The maximum atomic E-state index is 9.56. The van der Waals surface area contributed by atoms with Crippen molar-refractivity contribution in [2.75, 3.05) is 47.1 Å². The van der Waals surface area contributed by atoms with E-state index in [1.807, 2.05) is 7.05 Å². The van der Waals surface area contributed by atoms with Gasteiger partial charge in [0.2, 0.25) is 0 Å². The van der Waals surface area contributed by atoms with E-state index in [-0.39, 0.29) is 6.10 Å². The van der Waals surface area contributed by atoms with Gasteiger partial charge in [0.1, 0.15) is 0 Å². The highest BCUT2D eigenvalue weighted by Crippen LogP contribution is 2.15. The number of hydrogen-bond donors (Lipinski definition) is 1. The summed E-state index contributed by atoms with van der Waals surface area (Å²) < 4.78 is 10.2. The summed E-state index contributed by atoms with van der Waals surface area (Å²) in [4.78, 5) is 2.18. The Morgan fingerprint density at radius 3 is 2.73 bits per heavy atom. The van der Waals surface area contributed by atoms with Crippen LogP contribution in [0.2, 0.25) is 0 Å². The zero-order valence-electron chi connectivity index (χ0n) is 9.82. The minimum atomic E-state index is -0.375. The predicted molar refractivity (Wildman–Crippen MR) is 58.9 cm³/mol. The molecule has 0 bridgehead atoms. The van der Waals surface area contributed by atoms with Crippen molar-refractivity contribution in [2.24, 2.45) is 5.92 Å². The van der Waals surface area contributed by atoms with E-state index in [0.717, 1.165) is 38.5 Å². The Labute approximate surface area is 92.2 Å². The van der Waals surface area contributed by atoms with Crippen LogP contribution in [-0.4, -0.2) is 63.2 Å². The van der Waals surface area contributed by atoms with E-state index in [9.17, 15) is 5.11 Å². The summed E-state index contributed by atoms with van der Waals surface area (Å²) in [6.07, 6.45) is 1.91. The van der Waals surface area contributed by atoms with Crippen LogP contribution in [-0.2, 0) is 9.47 Å². The second-order valence-corrected chi connectivity index (χ2v) is 4.39. The molecule has 1 N–H and O–H groups in total. The van der Waals surface area contributed by atoms with E-state index in [1.165, 1.54) is 0 Å². The summed E-state index contributed by atoms with van der Waals surface area (Å²) in [6, 6.07) is 0. The average Bonchev–Trinajstić information content (AvgIpc) is 2.19. The topological polar surface area (TPSA) is 41.9 Å². The van der Waals surface area contributed by atoms with E-state index in [1.54, 1.807) is 7.11 Å². The van der Waals surface area contributed by atoms with Crippen LogP contribution in [0.1, 0.15) is 12.8 Å². The van der Waals surface area contributed by atoms with Crippen molar-refractivity contribution in [1.82, 2.24) is 4.90 Å². The second-order valence-electron chi connectivity index (χ2n) is 4.39. The molecule has 0 aromatic rings. The zero-order valence-corrected chi connectivity index (χ0v) is 9.82. The van der Waals surface area contributed by atoms with Gasteiger partial charge in [-0.05, 0) is 25.8 Å². The fraction of sp³-hybridized carbons (Fsp3) is 1.00. The van der Waals surface area contributed by atoms with Crippen LogP contribution in [0.4, 0.5) is 0 Å². The van der Waals surface area contributed by atoms with Crippen molar-refractivity contribution in [2.45, 2.75) is 18.9 Å². The highest BCUT2D eigenvalue weighted by molar-refractivity contribution is 4.69. The lowest BCUT2D eigenvalue weighted by Crippen LogP contribution is -2.36. The van der Waals surface area contributed by atoms with Gasteiger partial charge in [0.05, 0.1) is 12.7 Å². The molecule has 0 aromatic heterocycles. The number of rotatable bonds is 6. The molecule has 0 aromatic carbocycles. The third kappa shape index (κ3) is 5.47. The predicted octanol–water partition coefficient (Wildman–Crippen LogP) is 0.352. The van der Waals surface area contributed by atoms with Crippen LogP contribution >= 0.6 is 0 Å². The summed E-state index contributed by atoms with van der Waals surface area (Å²) in [7, 11) is 3.66. The Bertz CT molecular complexity index is 160. The van der Waals surface area contributed by atoms with Gasteiger partial charge in [-0.3, -0.25) is 0 Å². The Hall–Kier alpha value is -0.160. The number of aliphatic hydroxyl groups is 1. The van der Waals surface area contributed by atoms with E-state index >= 15 is 0 Å². The van der Waals surface area contributed by atoms with Crippen molar-refractivity contribution >= 4 is 0 Å². The molecule has 0 radical (unpaired) electrons. The Morgan fingerprint density at radius 2 is 2.13 bits per heavy atom. The standard InChI is InChI=1S/C11H23NO3/c1-12(8-11(13)9-14-2)7-10-3-5-15-6-4-10/h10-11,13H,3-9H2,1-2H3. The Kier molecular flexibility index (Phi) is 6.17. The van der Waals surface area contributed by atoms with Crippen molar-refractivity contribution in [3.05, 3.63) is 0 Å². The van der Waals surface area contributed by atoms with Crippen LogP contribution in [0, 0.1) is 5.92 Å². The number of methoxy groups -OCH3 is 1. The van der Waals surface area contributed by atoms with E-state index in [2.05, 4.69) is 4.90 Å². The number of nitrogens with zero attached hydrogens (tertiary/aromatic N) is 1. The van der Waals surface area contributed by atoms with Crippen LogP contribution in [0.5, 0.6) is 0 Å². The molecule has 1 fully saturated rings. The molecular weight excluding hydrogens is 194 g/mol. The second kappa shape index (κ2) is 7.17. The number of likely N-dealkylation sites (N-methyl/N-ethyl adjacent to an activating group) is 1. The van der Waals surface area contributed by atoms with Crippen molar-refractivity contribution in [3.8, 4) is 0 Å². The molecule has 1 heterocycles. The van der Waals surface area contributed by atoms with Gasteiger partial charge >= 0.3 is 0 Å². The quantitative estimate of drug-likeness (QED) is 0.697. The van der Waals surface area contributed by atoms with E-state index in [0.29, 0.717) is 13.2 Å². The van der Waals surface area contributed by atoms with Gasteiger partial charge in [-0.15, -0.1) is 0 Å². The zero-order chi connectivity index (χ0) is 11.1. The highest BCUT2D eigenvalue weighted by atomic mass is 16.5. The SMILES string of the molecule is COCC(O)CN(C)CC1CCOCC1. The molecule has 4 heteroatoms. The maximum absolute atomic E-state index is 9.56. The molecular formula is C11H23NO3. The maximum Gasteiger partial charge on any atom is 0.0899 e. The van der Waals surface area contributed by atoms with Crippen LogP contribution in [0.15, 0.2) is 0 Å². The lowest BCUT2D eigenvalue weighted by Gasteiger charge is -2.28. The summed E-state index contributed by atoms with van der Waals surface area (Å²) in [5.74, 6) is 0.721. The lowest BCUT2D eigenvalue weighted by atomic mass is 10.00. The summed E-state index contributed by atoms with van der Waals surface area (Å²) in [5.41, 5.74) is 0. The van der Waals surface area contributed by atoms with Crippen LogP contribution in [0.25, 0.3) is 0 Å². The van der Waals surface area contributed by atoms with Gasteiger partial charge in [0, 0.05) is 33.4 Å². The highest BCUT2D eigenvalue weighted by Gasteiger charge is 2.17. The first kappa shape index (κ1) is 12.9. The normalized spacial score (nSPS) is 20.8. The van der Waals surface area contributed by atoms with Crippen molar-refractivity contribution in [1.29, 1.82) is 0 Å². The van der Waals surface area contributed by atoms with Gasteiger partial charge in [0.15, 0.2) is 0 Å². The van der Waals surface area contributed by atoms with Gasteiger partial charge in [-0.25, -0.2) is 0 Å². The van der Waals surface area contributed by atoms with Crippen LogP contribution in [0.3, 0.4) is 0 Å². The third-order valence-electron chi connectivity index (χ3n) is 2.79. The average molecular weight is 217 g/mol. The molecule has 0 amide bonds. The van der Waals surface area contributed by atoms with E-state index in [4.69, 9.17) is 9.47 Å². The first-order valence-electron chi connectivity index (χ1n) is 5.65. The molecule has 15 heavy (non-hydrogen) atoms. The number of hydrogen-bond acceptors (Lipinski definition) is 4. The molecule has 1 aliphatic rings. The van der Waals surface area contributed by atoms with Crippen molar-refractivity contribution < 1.29 is 14.6 Å². The molecule has 4 nitrogen and oxygen atoms in total. The molecule has 1 unspecified atom stereocenters. The Balaban J connectivity index is 2.13. The minimum Gasteiger partial charge on any atom is -0.389 e. The first-order valence-corrected chi connectivity index (χ1v) is 5.65. The van der Waals surface area contributed by atoms with Crippen molar-refractivity contribution in [3.63, 3.8) is 0 Å². The molecule has 1 rings (SSSR count). The first-order chi connectivity index (χ1) is 7.22. The summed E-state index contributed by atoms with van der Waals surface area (Å²) in [5, 5.41) is 9.56. The molecule has 0 aliphatic carbocycles. The van der Waals surface area contributed by atoms with Crippen LogP contribution < -0.4 is 0 Å². The van der Waals surface area contributed by atoms with E-state index < -0.39 is 0 Å². The molecule has 1 saturated heterocycles. The lowest BCUT2D eigenvalue weighted by molar-refractivity contribution is 0.0265. The monoisotopic (exact) mass is 217 g/mol. The fourth-order valence-corrected chi connectivity index (χ4v) is 2.05. The Morgan fingerprint density at radius 1 is 1.47 bits per heavy atom. The molecule has 0 spiro atoms. The van der Waals surface area contributed by atoms with Gasteiger partial charge < -0.3 is 19.5 Å².